The lowest BCUT2D eigenvalue weighted by molar-refractivity contribution is 0.331. The van der Waals surface area contributed by atoms with E-state index in [2.05, 4.69) is 19.0 Å². The molecule has 1 rings (SSSR count). The normalized spacial score (nSPS) is 10.5. The molecule has 0 saturated heterocycles. The summed E-state index contributed by atoms with van der Waals surface area (Å²) in [5.74, 6) is 1.12. The van der Waals surface area contributed by atoms with Crippen LogP contribution in [0, 0.1) is 0 Å². The summed E-state index contributed by atoms with van der Waals surface area (Å²) in [6.45, 7) is 6.71. The third-order valence-electron chi connectivity index (χ3n) is 1.41. The molecule has 3 heteroatoms. The van der Waals surface area contributed by atoms with Gasteiger partial charge >= 0.3 is 0 Å². The number of hydrogen-bond donors (Lipinski definition) is 0. The molecular weight excluding hydrogens is 142 g/mol. The summed E-state index contributed by atoms with van der Waals surface area (Å²) in [5, 5.41) is 3.83. The van der Waals surface area contributed by atoms with Crippen LogP contribution in [-0.2, 0) is 0 Å². The summed E-state index contributed by atoms with van der Waals surface area (Å²) in [6.07, 6.45) is 1.54. The van der Waals surface area contributed by atoms with Crippen LogP contribution in [0.5, 0.6) is 5.75 Å². The molecule has 0 radical (unpaired) electrons. The lowest BCUT2D eigenvalue weighted by Gasteiger charge is -2.02. The van der Waals surface area contributed by atoms with Gasteiger partial charge in [-0.15, -0.1) is 0 Å². The quantitative estimate of drug-likeness (QED) is 0.671. The number of rotatable bonds is 3. The SMILES string of the molecule is CCOc1conc1C(C)C. The number of hydrogen-bond acceptors (Lipinski definition) is 3. The van der Waals surface area contributed by atoms with Crippen LogP contribution < -0.4 is 4.74 Å². The molecule has 0 atom stereocenters. The Morgan fingerprint density at radius 2 is 2.36 bits per heavy atom. The predicted molar refractivity (Wildman–Crippen MR) is 41.8 cm³/mol. The molecule has 0 amide bonds. The molecule has 0 bridgehead atoms. The summed E-state index contributed by atoms with van der Waals surface area (Å²) in [7, 11) is 0. The van der Waals surface area contributed by atoms with Gasteiger partial charge in [-0.25, -0.2) is 0 Å². The van der Waals surface area contributed by atoms with Crippen molar-refractivity contribution in [2.45, 2.75) is 26.7 Å². The second kappa shape index (κ2) is 3.42. The third kappa shape index (κ3) is 1.73. The maximum absolute atomic E-state index is 5.28. The smallest absolute Gasteiger partial charge is 0.182 e. The van der Waals surface area contributed by atoms with Crippen LogP contribution in [0.3, 0.4) is 0 Å². The third-order valence-corrected chi connectivity index (χ3v) is 1.41. The van der Waals surface area contributed by atoms with Crippen molar-refractivity contribution in [2.75, 3.05) is 6.61 Å². The van der Waals surface area contributed by atoms with Crippen LogP contribution in [0.1, 0.15) is 32.4 Å². The van der Waals surface area contributed by atoms with Crippen LogP contribution in [0.2, 0.25) is 0 Å². The molecule has 1 heterocycles. The van der Waals surface area contributed by atoms with E-state index < -0.39 is 0 Å². The van der Waals surface area contributed by atoms with Crippen molar-refractivity contribution in [3.05, 3.63) is 12.0 Å². The Hall–Kier alpha value is -0.990. The Morgan fingerprint density at radius 3 is 2.91 bits per heavy atom. The summed E-state index contributed by atoms with van der Waals surface area (Å²) >= 11 is 0. The first-order valence-corrected chi connectivity index (χ1v) is 3.82. The van der Waals surface area contributed by atoms with E-state index in [9.17, 15) is 0 Å². The fraction of sp³-hybridized carbons (Fsp3) is 0.625. The van der Waals surface area contributed by atoms with Crippen LogP contribution in [0.4, 0.5) is 0 Å². The van der Waals surface area contributed by atoms with E-state index >= 15 is 0 Å². The van der Waals surface area contributed by atoms with E-state index in [1.165, 1.54) is 0 Å². The van der Waals surface area contributed by atoms with Gasteiger partial charge in [0.15, 0.2) is 12.0 Å². The van der Waals surface area contributed by atoms with Gasteiger partial charge in [-0.05, 0) is 6.92 Å². The van der Waals surface area contributed by atoms with Crippen molar-refractivity contribution in [1.82, 2.24) is 5.16 Å². The topological polar surface area (TPSA) is 35.3 Å². The van der Waals surface area contributed by atoms with E-state index in [0.717, 1.165) is 11.4 Å². The Morgan fingerprint density at radius 1 is 1.64 bits per heavy atom. The van der Waals surface area contributed by atoms with Crippen molar-refractivity contribution >= 4 is 0 Å². The van der Waals surface area contributed by atoms with E-state index in [1.54, 1.807) is 6.26 Å². The fourth-order valence-corrected chi connectivity index (χ4v) is 0.890. The fourth-order valence-electron chi connectivity index (χ4n) is 0.890. The summed E-state index contributed by atoms with van der Waals surface area (Å²) < 4.78 is 10.1. The molecule has 62 valence electrons. The molecule has 0 N–H and O–H groups in total. The van der Waals surface area contributed by atoms with Gasteiger partial charge < -0.3 is 9.26 Å². The Kier molecular flexibility index (Phi) is 2.52. The first-order valence-electron chi connectivity index (χ1n) is 3.82. The van der Waals surface area contributed by atoms with Crippen LogP contribution in [0.15, 0.2) is 10.8 Å². The highest BCUT2D eigenvalue weighted by atomic mass is 16.5. The van der Waals surface area contributed by atoms with Crippen LogP contribution >= 0.6 is 0 Å². The maximum Gasteiger partial charge on any atom is 0.182 e. The van der Waals surface area contributed by atoms with Gasteiger partial charge in [-0.3, -0.25) is 0 Å². The zero-order valence-corrected chi connectivity index (χ0v) is 7.13. The van der Waals surface area contributed by atoms with Crippen LogP contribution in [-0.4, -0.2) is 11.8 Å². The van der Waals surface area contributed by atoms with Crippen molar-refractivity contribution in [3.8, 4) is 5.75 Å². The highest BCUT2D eigenvalue weighted by molar-refractivity contribution is 5.24. The van der Waals surface area contributed by atoms with Gasteiger partial charge in [0.25, 0.3) is 0 Å². The summed E-state index contributed by atoms with van der Waals surface area (Å²) in [6, 6.07) is 0. The van der Waals surface area contributed by atoms with Gasteiger partial charge in [-0.2, -0.15) is 0 Å². The maximum atomic E-state index is 5.28. The van der Waals surface area contributed by atoms with Gasteiger partial charge in [0.2, 0.25) is 0 Å². The molecule has 0 aliphatic heterocycles. The predicted octanol–water partition coefficient (Wildman–Crippen LogP) is 2.20. The number of ether oxygens (including phenoxy) is 1. The molecule has 0 saturated carbocycles. The minimum atomic E-state index is 0.357. The van der Waals surface area contributed by atoms with E-state index in [0.29, 0.717) is 12.5 Å². The van der Waals surface area contributed by atoms with E-state index in [1.807, 2.05) is 6.92 Å². The molecule has 0 aliphatic rings. The van der Waals surface area contributed by atoms with Crippen molar-refractivity contribution in [2.24, 2.45) is 0 Å². The highest BCUT2D eigenvalue weighted by Crippen LogP contribution is 2.24. The van der Waals surface area contributed by atoms with Crippen molar-refractivity contribution in [1.29, 1.82) is 0 Å². The van der Waals surface area contributed by atoms with Crippen molar-refractivity contribution in [3.63, 3.8) is 0 Å². The zero-order valence-electron chi connectivity index (χ0n) is 7.13. The summed E-state index contributed by atoms with van der Waals surface area (Å²) in [4.78, 5) is 0. The Balaban J connectivity index is 2.78. The minimum Gasteiger partial charge on any atom is -0.489 e. The van der Waals surface area contributed by atoms with Crippen LogP contribution in [0.25, 0.3) is 0 Å². The van der Waals surface area contributed by atoms with E-state index in [4.69, 9.17) is 9.26 Å². The largest absolute Gasteiger partial charge is 0.489 e. The lowest BCUT2D eigenvalue weighted by atomic mass is 10.1. The first kappa shape index (κ1) is 8.11. The molecule has 0 fully saturated rings. The first-order chi connectivity index (χ1) is 5.25. The van der Waals surface area contributed by atoms with Gasteiger partial charge in [0.1, 0.15) is 5.69 Å². The summed E-state index contributed by atoms with van der Waals surface area (Å²) in [5.41, 5.74) is 0.895. The van der Waals surface area contributed by atoms with Gasteiger partial charge in [0, 0.05) is 5.92 Å². The molecule has 1 aromatic rings. The molecule has 3 nitrogen and oxygen atoms in total. The van der Waals surface area contributed by atoms with Crippen molar-refractivity contribution < 1.29 is 9.26 Å². The second-order valence-electron chi connectivity index (χ2n) is 2.65. The lowest BCUT2D eigenvalue weighted by Crippen LogP contribution is -1.95. The van der Waals surface area contributed by atoms with Gasteiger partial charge in [-0.1, -0.05) is 19.0 Å². The minimum absolute atomic E-state index is 0.357. The standard InChI is InChI=1S/C8H13NO2/c1-4-10-7-5-11-9-8(7)6(2)3/h5-6H,4H2,1-3H3. The number of nitrogens with zero attached hydrogens (tertiary/aromatic N) is 1. The molecule has 0 spiro atoms. The molecule has 0 unspecified atom stereocenters. The molecular formula is C8H13NO2. The monoisotopic (exact) mass is 155 g/mol. The van der Waals surface area contributed by atoms with E-state index in [-0.39, 0.29) is 0 Å². The second-order valence-corrected chi connectivity index (χ2v) is 2.65. The average molecular weight is 155 g/mol. The molecule has 0 aliphatic carbocycles. The van der Waals surface area contributed by atoms with Gasteiger partial charge in [0.05, 0.1) is 6.61 Å². The zero-order chi connectivity index (χ0) is 8.27. The average Bonchev–Trinajstić information content (AvgIpc) is 2.36. The Labute approximate surface area is 66.3 Å². The molecule has 0 aromatic carbocycles. The molecule has 11 heavy (non-hydrogen) atoms. The number of aromatic nitrogens is 1. The molecule has 1 aromatic heterocycles. The highest BCUT2D eigenvalue weighted by Gasteiger charge is 2.11. The Bertz CT molecular complexity index is 218.